The largest absolute Gasteiger partial charge is 0.497 e. The van der Waals surface area contributed by atoms with E-state index in [0.717, 1.165) is 12.8 Å². The van der Waals surface area contributed by atoms with E-state index in [-0.39, 0.29) is 11.5 Å². The maximum Gasteiger partial charge on any atom is 0.335 e. The van der Waals surface area contributed by atoms with E-state index in [1.54, 1.807) is 37.4 Å². The van der Waals surface area contributed by atoms with Crippen LogP contribution in [0.4, 0.5) is 5.69 Å². The van der Waals surface area contributed by atoms with E-state index in [9.17, 15) is 9.59 Å². The van der Waals surface area contributed by atoms with Crippen LogP contribution in [0.1, 0.15) is 33.6 Å². The van der Waals surface area contributed by atoms with Gasteiger partial charge >= 0.3 is 5.97 Å². The Labute approximate surface area is 145 Å². The third kappa shape index (κ3) is 4.29. The van der Waals surface area contributed by atoms with Gasteiger partial charge in [-0.3, -0.25) is 4.79 Å². The number of rotatable bonds is 7. The van der Waals surface area contributed by atoms with Crippen LogP contribution in [0, 0.1) is 5.92 Å². The van der Waals surface area contributed by atoms with Crippen molar-refractivity contribution >= 4 is 17.6 Å². The Morgan fingerprint density at radius 3 is 2.48 bits per heavy atom. The number of benzene rings is 2. The van der Waals surface area contributed by atoms with Gasteiger partial charge in [-0.25, -0.2) is 4.79 Å². The number of hydrogen-bond acceptors (Lipinski definition) is 4. The van der Waals surface area contributed by atoms with Crippen LogP contribution in [-0.2, 0) is 0 Å². The predicted octanol–water partition coefficient (Wildman–Crippen LogP) is 3.43. The third-order valence-corrected chi connectivity index (χ3v) is 3.99. The molecule has 0 saturated heterocycles. The fraction of sp³-hybridized carbons (Fsp3) is 0.263. The summed E-state index contributed by atoms with van der Waals surface area (Å²) in [5.74, 6) is 0.324. The average molecular weight is 341 g/mol. The summed E-state index contributed by atoms with van der Waals surface area (Å²) in [5.41, 5.74) is 1.08. The van der Waals surface area contributed by atoms with Crippen LogP contribution in [0.15, 0.2) is 42.5 Å². The monoisotopic (exact) mass is 341 g/mol. The van der Waals surface area contributed by atoms with Crippen molar-refractivity contribution in [2.75, 3.05) is 19.0 Å². The molecule has 0 spiro atoms. The van der Waals surface area contributed by atoms with Gasteiger partial charge in [-0.15, -0.1) is 0 Å². The zero-order valence-electron chi connectivity index (χ0n) is 13.8. The maximum absolute atomic E-state index is 12.6. The van der Waals surface area contributed by atoms with Crippen molar-refractivity contribution in [3.63, 3.8) is 0 Å². The summed E-state index contributed by atoms with van der Waals surface area (Å²) in [6, 6.07) is 11.0. The van der Waals surface area contributed by atoms with Crippen molar-refractivity contribution in [1.29, 1.82) is 0 Å². The van der Waals surface area contributed by atoms with Crippen molar-refractivity contribution < 1.29 is 24.2 Å². The molecule has 0 atom stereocenters. The molecule has 0 radical (unpaired) electrons. The first kappa shape index (κ1) is 16.8. The molecule has 6 nitrogen and oxygen atoms in total. The highest BCUT2D eigenvalue weighted by Crippen LogP contribution is 2.32. The van der Waals surface area contributed by atoms with Crippen LogP contribution in [-0.4, -0.2) is 30.7 Å². The Morgan fingerprint density at radius 1 is 1.16 bits per heavy atom. The van der Waals surface area contributed by atoms with Crippen molar-refractivity contribution in [3.05, 3.63) is 53.6 Å². The molecular weight excluding hydrogens is 322 g/mol. The van der Waals surface area contributed by atoms with E-state index >= 15 is 0 Å². The summed E-state index contributed by atoms with van der Waals surface area (Å²) < 4.78 is 11.0. The molecule has 2 aromatic rings. The van der Waals surface area contributed by atoms with Crippen LogP contribution in [0.5, 0.6) is 11.5 Å². The number of ether oxygens (including phenoxy) is 2. The molecule has 6 heteroatoms. The minimum absolute atomic E-state index is 0.163. The number of carbonyl (C=O) groups is 2. The topological polar surface area (TPSA) is 84.9 Å². The van der Waals surface area contributed by atoms with E-state index in [4.69, 9.17) is 14.6 Å². The van der Waals surface area contributed by atoms with Crippen LogP contribution >= 0.6 is 0 Å². The quantitative estimate of drug-likeness (QED) is 0.806. The molecule has 0 unspecified atom stereocenters. The number of carboxylic acid groups (broad SMARTS) is 1. The average Bonchev–Trinajstić information content (AvgIpc) is 3.44. The zero-order chi connectivity index (χ0) is 17.8. The molecule has 1 saturated carbocycles. The third-order valence-electron chi connectivity index (χ3n) is 3.99. The van der Waals surface area contributed by atoms with Crippen molar-refractivity contribution in [2.45, 2.75) is 12.8 Å². The lowest BCUT2D eigenvalue weighted by molar-refractivity contribution is 0.0696. The highest BCUT2D eigenvalue weighted by Gasteiger charge is 2.23. The van der Waals surface area contributed by atoms with Gasteiger partial charge in [0.15, 0.2) is 0 Å². The normalized spacial score (nSPS) is 13.2. The molecule has 130 valence electrons. The molecule has 25 heavy (non-hydrogen) atoms. The SMILES string of the molecule is COc1ccc(C(=O)Nc2ccc(C(=O)O)cc2)c(OCC2CC2)c1. The predicted molar refractivity (Wildman–Crippen MR) is 92.6 cm³/mol. The van der Waals surface area contributed by atoms with Crippen LogP contribution in [0.2, 0.25) is 0 Å². The Hall–Kier alpha value is -3.02. The molecule has 2 N–H and O–H groups in total. The van der Waals surface area contributed by atoms with E-state index in [0.29, 0.717) is 35.3 Å². The lowest BCUT2D eigenvalue weighted by Gasteiger charge is -2.13. The smallest absolute Gasteiger partial charge is 0.335 e. The van der Waals surface area contributed by atoms with E-state index in [1.165, 1.54) is 12.1 Å². The molecule has 1 amide bonds. The molecule has 1 fully saturated rings. The fourth-order valence-electron chi connectivity index (χ4n) is 2.32. The van der Waals surface area contributed by atoms with Crippen LogP contribution < -0.4 is 14.8 Å². The van der Waals surface area contributed by atoms with Gasteiger partial charge in [0.05, 0.1) is 24.8 Å². The molecule has 1 aliphatic carbocycles. The Balaban J connectivity index is 1.76. The van der Waals surface area contributed by atoms with E-state index < -0.39 is 5.97 Å². The van der Waals surface area contributed by atoms with E-state index in [2.05, 4.69) is 5.32 Å². The van der Waals surface area contributed by atoms with Gasteiger partial charge in [0.25, 0.3) is 5.91 Å². The zero-order valence-corrected chi connectivity index (χ0v) is 13.8. The summed E-state index contributed by atoms with van der Waals surface area (Å²) in [7, 11) is 1.56. The Bertz CT molecular complexity index is 781. The second-order valence-electron chi connectivity index (χ2n) is 5.95. The highest BCUT2D eigenvalue weighted by atomic mass is 16.5. The highest BCUT2D eigenvalue weighted by molar-refractivity contribution is 6.06. The number of amides is 1. The molecule has 3 rings (SSSR count). The van der Waals surface area contributed by atoms with Gasteiger partial charge in [-0.2, -0.15) is 0 Å². The number of nitrogens with one attached hydrogen (secondary N) is 1. The number of methoxy groups -OCH3 is 1. The van der Waals surface area contributed by atoms with Gasteiger partial charge in [0.1, 0.15) is 11.5 Å². The maximum atomic E-state index is 12.6. The lowest BCUT2D eigenvalue weighted by Crippen LogP contribution is -2.14. The molecule has 0 bridgehead atoms. The van der Waals surface area contributed by atoms with Gasteiger partial charge in [-0.05, 0) is 55.2 Å². The summed E-state index contributed by atoms with van der Waals surface area (Å²) in [5, 5.41) is 11.7. The van der Waals surface area contributed by atoms with Crippen LogP contribution in [0.3, 0.4) is 0 Å². The molecule has 0 aromatic heterocycles. The molecule has 0 aliphatic heterocycles. The minimum Gasteiger partial charge on any atom is -0.497 e. The van der Waals surface area contributed by atoms with Crippen molar-refractivity contribution in [1.82, 2.24) is 0 Å². The van der Waals surface area contributed by atoms with Crippen LogP contribution in [0.25, 0.3) is 0 Å². The van der Waals surface area contributed by atoms with Gasteiger partial charge in [-0.1, -0.05) is 0 Å². The van der Waals surface area contributed by atoms with Gasteiger partial charge in [0.2, 0.25) is 0 Å². The summed E-state index contributed by atoms with van der Waals surface area (Å²) >= 11 is 0. The summed E-state index contributed by atoms with van der Waals surface area (Å²) in [4.78, 5) is 23.4. The summed E-state index contributed by atoms with van der Waals surface area (Å²) in [6.07, 6.45) is 2.31. The second kappa shape index (κ2) is 7.25. The summed E-state index contributed by atoms with van der Waals surface area (Å²) in [6.45, 7) is 0.584. The number of hydrogen-bond donors (Lipinski definition) is 2. The molecular formula is C19H19NO5. The second-order valence-corrected chi connectivity index (χ2v) is 5.95. The number of aromatic carboxylic acids is 1. The van der Waals surface area contributed by atoms with E-state index in [1.807, 2.05) is 0 Å². The first-order valence-electron chi connectivity index (χ1n) is 8.02. The Kier molecular flexibility index (Phi) is 4.88. The lowest BCUT2D eigenvalue weighted by atomic mass is 10.1. The minimum atomic E-state index is -1.01. The molecule has 2 aromatic carbocycles. The Morgan fingerprint density at radius 2 is 1.88 bits per heavy atom. The van der Waals surface area contributed by atoms with Gasteiger partial charge in [0, 0.05) is 11.8 Å². The van der Waals surface area contributed by atoms with Crippen molar-refractivity contribution in [2.24, 2.45) is 5.92 Å². The number of carboxylic acids is 1. The number of carbonyl (C=O) groups excluding carboxylic acids is 1. The fourth-order valence-corrected chi connectivity index (χ4v) is 2.32. The first-order chi connectivity index (χ1) is 12.1. The van der Waals surface area contributed by atoms with Crippen molar-refractivity contribution in [3.8, 4) is 11.5 Å². The number of anilines is 1. The molecule has 1 aliphatic rings. The molecule has 0 heterocycles. The van der Waals surface area contributed by atoms with Gasteiger partial charge < -0.3 is 19.9 Å². The standard InChI is InChI=1S/C19H19NO5/c1-24-15-8-9-16(17(10-15)25-11-12-2-3-12)18(21)20-14-6-4-13(5-7-14)19(22)23/h4-10,12H,2-3,11H2,1H3,(H,20,21)(H,22,23). The first-order valence-corrected chi connectivity index (χ1v) is 8.02.